The Balaban J connectivity index is 0.00000364. The molecule has 0 unspecified atom stereocenters. The van der Waals surface area contributed by atoms with Crippen LogP contribution in [-0.4, -0.2) is 17.7 Å². The number of carboxylic acids is 1. The van der Waals surface area contributed by atoms with E-state index in [1.807, 2.05) is 36.4 Å². The highest BCUT2D eigenvalue weighted by atomic mass is 35.5. The Kier molecular flexibility index (Phi) is 11.3. The largest absolute Gasteiger partial charge is 0.494 e. The highest BCUT2D eigenvalue weighted by Crippen LogP contribution is 2.23. The maximum Gasteiger partial charge on any atom is 0.335 e. The van der Waals surface area contributed by atoms with E-state index in [4.69, 9.17) is 9.84 Å². The Bertz CT molecular complexity index is 650. The molecule has 0 bridgehead atoms. The molecule has 0 saturated carbocycles. The fourth-order valence-corrected chi connectivity index (χ4v) is 2.97. The summed E-state index contributed by atoms with van der Waals surface area (Å²) in [6.45, 7) is 3.01. The molecule has 27 heavy (non-hydrogen) atoms. The predicted molar refractivity (Wildman–Crippen MR) is 114 cm³/mol. The number of ether oxygens (including phenoxy) is 1. The molecular formula is C23H31ClO3. The van der Waals surface area contributed by atoms with Crippen molar-refractivity contribution in [3.8, 4) is 16.9 Å². The third-order valence-corrected chi connectivity index (χ3v) is 4.59. The molecule has 0 aliphatic heterocycles. The van der Waals surface area contributed by atoms with Gasteiger partial charge in [-0.25, -0.2) is 4.79 Å². The highest BCUT2D eigenvalue weighted by Gasteiger charge is 2.03. The summed E-state index contributed by atoms with van der Waals surface area (Å²) in [6, 6.07) is 14.9. The van der Waals surface area contributed by atoms with E-state index in [0.29, 0.717) is 5.56 Å². The summed E-state index contributed by atoms with van der Waals surface area (Å²) in [4.78, 5) is 10.9. The summed E-state index contributed by atoms with van der Waals surface area (Å²) >= 11 is 0. The smallest absolute Gasteiger partial charge is 0.335 e. The van der Waals surface area contributed by atoms with Crippen LogP contribution >= 0.6 is 12.4 Å². The molecule has 0 heterocycles. The third-order valence-electron chi connectivity index (χ3n) is 4.59. The van der Waals surface area contributed by atoms with Crippen molar-refractivity contribution in [1.29, 1.82) is 0 Å². The third kappa shape index (κ3) is 8.49. The maximum absolute atomic E-state index is 10.9. The first kappa shape index (κ1) is 23.0. The molecule has 0 spiro atoms. The van der Waals surface area contributed by atoms with Gasteiger partial charge in [-0.05, 0) is 41.8 Å². The monoisotopic (exact) mass is 390 g/mol. The highest BCUT2D eigenvalue weighted by molar-refractivity contribution is 5.88. The molecule has 2 rings (SSSR count). The zero-order valence-electron chi connectivity index (χ0n) is 16.2. The lowest BCUT2D eigenvalue weighted by molar-refractivity contribution is 0.0697. The average Bonchev–Trinajstić information content (AvgIpc) is 2.67. The first-order chi connectivity index (χ1) is 12.7. The van der Waals surface area contributed by atoms with Gasteiger partial charge in [0.15, 0.2) is 0 Å². The SMILES string of the molecule is CCCCCCCCCCOc1ccc(-c2ccc(C(=O)O)cc2)cc1.Cl. The van der Waals surface area contributed by atoms with E-state index in [1.54, 1.807) is 12.1 Å². The standard InChI is InChI=1S/C23H30O3.ClH/c1-2-3-4-5-6-7-8-9-18-26-22-16-14-20(15-17-22)19-10-12-21(13-11-19)23(24)25;/h10-17H,2-9,18H2,1H3,(H,24,25);1H. The number of halogens is 1. The van der Waals surface area contributed by atoms with E-state index in [9.17, 15) is 4.79 Å². The summed E-state index contributed by atoms with van der Waals surface area (Å²) in [5.74, 6) is -0.0138. The number of unbranched alkanes of at least 4 members (excludes halogenated alkanes) is 7. The molecule has 0 radical (unpaired) electrons. The molecule has 2 aromatic carbocycles. The van der Waals surface area contributed by atoms with Gasteiger partial charge in [0.25, 0.3) is 0 Å². The predicted octanol–water partition coefficient (Wildman–Crippen LogP) is 6.99. The molecule has 3 nitrogen and oxygen atoms in total. The fraction of sp³-hybridized carbons (Fsp3) is 0.435. The minimum absolute atomic E-state index is 0. The second-order valence-electron chi connectivity index (χ2n) is 6.73. The Morgan fingerprint density at radius 3 is 1.78 bits per heavy atom. The van der Waals surface area contributed by atoms with Crippen LogP contribution in [0.4, 0.5) is 0 Å². The number of hydrogen-bond acceptors (Lipinski definition) is 2. The molecule has 0 aromatic heterocycles. The summed E-state index contributed by atoms with van der Waals surface area (Å²) in [7, 11) is 0. The van der Waals surface area contributed by atoms with Crippen molar-refractivity contribution in [3.63, 3.8) is 0 Å². The fourth-order valence-electron chi connectivity index (χ4n) is 2.97. The second kappa shape index (κ2) is 13.2. The summed E-state index contributed by atoms with van der Waals surface area (Å²) < 4.78 is 5.81. The Hall–Kier alpha value is -2.00. The van der Waals surface area contributed by atoms with E-state index in [0.717, 1.165) is 29.9 Å². The Labute approximate surface area is 169 Å². The van der Waals surface area contributed by atoms with Gasteiger partial charge in [0.2, 0.25) is 0 Å². The van der Waals surface area contributed by atoms with Crippen LogP contribution in [0.1, 0.15) is 68.6 Å². The minimum atomic E-state index is -0.902. The van der Waals surface area contributed by atoms with Crippen molar-refractivity contribution in [3.05, 3.63) is 54.1 Å². The number of carboxylic acid groups (broad SMARTS) is 1. The maximum atomic E-state index is 10.9. The van der Waals surface area contributed by atoms with E-state index in [-0.39, 0.29) is 12.4 Å². The number of rotatable bonds is 12. The van der Waals surface area contributed by atoms with Gasteiger partial charge in [0, 0.05) is 0 Å². The normalized spacial score (nSPS) is 10.3. The molecule has 0 atom stereocenters. The van der Waals surface area contributed by atoms with Crippen molar-refractivity contribution < 1.29 is 14.6 Å². The molecule has 0 amide bonds. The van der Waals surface area contributed by atoms with Gasteiger partial charge in [-0.3, -0.25) is 0 Å². The summed E-state index contributed by atoms with van der Waals surface area (Å²) in [5, 5.41) is 8.95. The zero-order chi connectivity index (χ0) is 18.6. The summed E-state index contributed by atoms with van der Waals surface area (Å²) in [5.41, 5.74) is 2.37. The van der Waals surface area contributed by atoms with Crippen LogP contribution in [0.5, 0.6) is 5.75 Å². The number of hydrogen-bond donors (Lipinski definition) is 1. The lowest BCUT2D eigenvalue weighted by Gasteiger charge is -2.08. The lowest BCUT2D eigenvalue weighted by Crippen LogP contribution is -1.97. The first-order valence-electron chi connectivity index (χ1n) is 9.77. The van der Waals surface area contributed by atoms with E-state index in [2.05, 4.69) is 6.92 Å². The van der Waals surface area contributed by atoms with Crippen LogP contribution in [0.2, 0.25) is 0 Å². The van der Waals surface area contributed by atoms with Crippen molar-refractivity contribution >= 4 is 18.4 Å². The molecule has 2 aromatic rings. The van der Waals surface area contributed by atoms with Gasteiger partial charge in [0.1, 0.15) is 5.75 Å². The van der Waals surface area contributed by atoms with Crippen LogP contribution < -0.4 is 4.74 Å². The molecule has 4 heteroatoms. The molecule has 0 aliphatic carbocycles. The van der Waals surface area contributed by atoms with E-state index in [1.165, 1.54) is 44.9 Å². The first-order valence-corrected chi connectivity index (χ1v) is 9.77. The Morgan fingerprint density at radius 2 is 1.26 bits per heavy atom. The quantitative estimate of drug-likeness (QED) is 0.397. The van der Waals surface area contributed by atoms with Crippen LogP contribution in [0.3, 0.4) is 0 Å². The topological polar surface area (TPSA) is 46.5 Å². The minimum Gasteiger partial charge on any atom is -0.494 e. The molecule has 0 fully saturated rings. The van der Waals surface area contributed by atoms with Crippen molar-refractivity contribution in [1.82, 2.24) is 0 Å². The van der Waals surface area contributed by atoms with Gasteiger partial charge in [-0.1, -0.05) is 76.1 Å². The Morgan fingerprint density at radius 1 is 0.778 bits per heavy atom. The van der Waals surface area contributed by atoms with Crippen LogP contribution in [0.15, 0.2) is 48.5 Å². The molecule has 0 aliphatic rings. The van der Waals surface area contributed by atoms with Gasteiger partial charge in [-0.15, -0.1) is 12.4 Å². The zero-order valence-corrected chi connectivity index (χ0v) is 17.0. The van der Waals surface area contributed by atoms with Crippen molar-refractivity contribution in [2.24, 2.45) is 0 Å². The molecule has 0 saturated heterocycles. The lowest BCUT2D eigenvalue weighted by atomic mass is 10.0. The van der Waals surface area contributed by atoms with Gasteiger partial charge in [0.05, 0.1) is 12.2 Å². The van der Waals surface area contributed by atoms with Crippen LogP contribution in [0, 0.1) is 0 Å². The van der Waals surface area contributed by atoms with Crippen molar-refractivity contribution in [2.45, 2.75) is 58.3 Å². The van der Waals surface area contributed by atoms with Gasteiger partial charge < -0.3 is 9.84 Å². The van der Waals surface area contributed by atoms with E-state index >= 15 is 0 Å². The summed E-state index contributed by atoms with van der Waals surface area (Å²) in [6.07, 6.45) is 10.4. The van der Waals surface area contributed by atoms with Gasteiger partial charge in [-0.2, -0.15) is 0 Å². The molecule has 148 valence electrons. The average molecular weight is 391 g/mol. The second-order valence-corrected chi connectivity index (χ2v) is 6.73. The molecule has 1 N–H and O–H groups in total. The number of aromatic carboxylic acids is 1. The number of carbonyl (C=O) groups is 1. The van der Waals surface area contributed by atoms with Crippen LogP contribution in [0.25, 0.3) is 11.1 Å². The van der Waals surface area contributed by atoms with Gasteiger partial charge >= 0.3 is 5.97 Å². The number of benzene rings is 2. The molecular weight excluding hydrogens is 360 g/mol. The van der Waals surface area contributed by atoms with Crippen LogP contribution in [-0.2, 0) is 0 Å². The van der Waals surface area contributed by atoms with Crippen molar-refractivity contribution in [2.75, 3.05) is 6.61 Å². The van der Waals surface area contributed by atoms with E-state index < -0.39 is 5.97 Å².